The molecule has 2 N–H and O–H groups in total. The molecule has 0 spiro atoms. The average Bonchev–Trinajstić information content (AvgIpc) is 2.33. The first-order valence-electron chi connectivity index (χ1n) is 4.95. The first kappa shape index (κ1) is 10.8. The van der Waals surface area contributed by atoms with Gasteiger partial charge in [-0.1, -0.05) is 11.6 Å². The van der Waals surface area contributed by atoms with Crippen molar-refractivity contribution in [2.75, 3.05) is 5.73 Å². The fourth-order valence-electron chi connectivity index (χ4n) is 1.40. The second kappa shape index (κ2) is 4.31. The Morgan fingerprint density at radius 1 is 1.43 bits per heavy atom. The number of nitrogen functional groups attached to an aromatic ring is 1. The molecule has 78 valence electrons. The first-order chi connectivity index (χ1) is 6.52. The van der Waals surface area contributed by atoms with Gasteiger partial charge in [0.15, 0.2) is 0 Å². The van der Waals surface area contributed by atoms with Crippen LogP contribution in [0.5, 0.6) is 0 Å². The molecule has 0 atom stereocenters. The highest BCUT2D eigenvalue weighted by Crippen LogP contribution is 2.14. The Bertz CT molecular complexity index is 344. The van der Waals surface area contributed by atoms with Crippen molar-refractivity contribution in [3.05, 3.63) is 23.0 Å². The third kappa shape index (κ3) is 2.37. The molecule has 3 nitrogen and oxygen atoms in total. The molecule has 3 heteroatoms. The molecule has 0 fully saturated rings. The van der Waals surface area contributed by atoms with Crippen LogP contribution in [0.1, 0.15) is 31.7 Å². The van der Waals surface area contributed by atoms with Crippen LogP contribution >= 0.6 is 0 Å². The standard InChI is InChI=1S/C11H19N3/c1-8(2)6-5-7-14-10(4)11(12)9(3)13-14/h6H,5,7,12H2,1-4H3. The molecule has 0 saturated carbocycles. The maximum absolute atomic E-state index is 5.84. The average molecular weight is 193 g/mol. The van der Waals surface area contributed by atoms with E-state index in [-0.39, 0.29) is 0 Å². The Hall–Kier alpha value is -1.25. The van der Waals surface area contributed by atoms with Gasteiger partial charge in [-0.05, 0) is 34.1 Å². The van der Waals surface area contributed by atoms with Gasteiger partial charge in [0.2, 0.25) is 0 Å². The molecule has 0 radical (unpaired) electrons. The van der Waals surface area contributed by atoms with Crippen molar-refractivity contribution in [2.45, 2.75) is 40.7 Å². The van der Waals surface area contributed by atoms with Gasteiger partial charge in [0.1, 0.15) is 0 Å². The normalized spacial score (nSPS) is 10.3. The monoisotopic (exact) mass is 193 g/mol. The number of aryl methyl sites for hydroxylation is 2. The summed E-state index contributed by atoms with van der Waals surface area (Å²) in [6.07, 6.45) is 3.23. The molecule has 1 rings (SSSR count). The number of allylic oxidation sites excluding steroid dienone is 2. The predicted molar refractivity (Wildman–Crippen MR) is 60.2 cm³/mol. The van der Waals surface area contributed by atoms with Gasteiger partial charge in [0.25, 0.3) is 0 Å². The van der Waals surface area contributed by atoms with Crippen LogP contribution in [0.15, 0.2) is 11.6 Å². The Morgan fingerprint density at radius 3 is 2.50 bits per heavy atom. The molecule has 14 heavy (non-hydrogen) atoms. The maximum Gasteiger partial charge on any atom is 0.0825 e. The van der Waals surface area contributed by atoms with Crippen LogP contribution in [0.25, 0.3) is 0 Å². The molecule has 1 aromatic heterocycles. The van der Waals surface area contributed by atoms with Crippen LogP contribution in [-0.4, -0.2) is 9.78 Å². The second-order valence-corrected chi connectivity index (χ2v) is 3.88. The SMILES string of the molecule is CC(C)=CCCn1nc(C)c(N)c1C. The summed E-state index contributed by atoms with van der Waals surface area (Å²) in [5.74, 6) is 0. The predicted octanol–water partition coefficient (Wildman–Crippen LogP) is 2.44. The number of rotatable bonds is 3. The molecular weight excluding hydrogens is 174 g/mol. The van der Waals surface area contributed by atoms with E-state index in [4.69, 9.17) is 5.73 Å². The molecule has 0 amide bonds. The van der Waals surface area contributed by atoms with Crippen LogP contribution in [0, 0.1) is 13.8 Å². The zero-order valence-corrected chi connectivity index (χ0v) is 9.46. The third-order valence-electron chi connectivity index (χ3n) is 2.33. The van der Waals surface area contributed by atoms with Crippen molar-refractivity contribution >= 4 is 5.69 Å². The minimum absolute atomic E-state index is 0.821. The molecule has 1 aromatic rings. The second-order valence-electron chi connectivity index (χ2n) is 3.88. The van der Waals surface area contributed by atoms with Gasteiger partial charge in [-0.25, -0.2) is 0 Å². The molecule has 0 aliphatic rings. The molecule has 0 saturated heterocycles. The molecule has 0 unspecified atom stereocenters. The number of nitrogens with two attached hydrogens (primary N) is 1. The summed E-state index contributed by atoms with van der Waals surface area (Å²) < 4.78 is 1.98. The highest BCUT2D eigenvalue weighted by atomic mass is 15.3. The lowest BCUT2D eigenvalue weighted by Gasteiger charge is -2.01. The van der Waals surface area contributed by atoms with E-state index in [2.05, 4.69) is 25.0 Å². The number of hydrogen-bond acceptors (Lipinski definition) is 2. The Morgan fingerprint density at radius 2 is 2.07 bits per heavy atom. The van der Waals surface area contributed by atoms with Crippen LogP contribution in [-0.2, 0) is 6.54 Å². The van der Waals surface area contributed by atoms with Crippen molar-refractivity contribution in [2.24, 2.45) is 0 Å². The van der Waals surface area contributed by atoms with Gasteiger partial charge in [0, 0.05) is 6.54 Å². The smallest absolute Gasteiger partial charge is 0.0825 e. The largest absolute Gasteiger partial charge is 0.396 e. The summed E-state index contributed by atoms with van der Waals surface area (Å²) in [5, 5.41) is 4.37. The molecule has 0 aliphatic carbocycles. The summed E-state index contributed by atoms with van der Waals surface area (Å²) in [4.78, 5) is 0. The van der Waals surface area contributed by atoms with E-state index >= 15 is 0 Å². The van der Waals surface area contributed by atoms with Gasteiger partial charge in [-0.3, -0.25) is 4.68 Å². The van der Waals surface area contributed by atoms with Crippen molar-refractivity contribution in [1.29, 1.82) is 0 Å². The quantitative estimate of drug-likeness (QED) is 0.749. The summed E-state index contributed by atoms with van der Waals surface area (Å²) in [6, 6.07) is 0. The molecule has 0 bridgehead atoms. The van der Waals surface area contributed by atoms with Crippen LogP contribution < -0.4 is 5.73 Å². The van der Waals surface area contributed by atoms with E-state index in [1.807, 2.05) is 18.5 Å². The van der Waals surface area contributed by atoms with E-state index in [0.717, 1.165) is 30.0 Å². The van der Waals surface area contributed by atoms with E-state index in [1.165, 1.54) is 5.57 Å². The minimum atomic E-state index is 0.821. The Labute approximate surface area is 85.6 Å². The summed E-state index contributed by atoms with van der Waals surface area (Å²) in [6.45, 7) is 9.08. The fraction of sp³-hybridized carbons (Fsp3) is 0.545. The first-order valence-corrected chi connectivity index (χ1v) is 4.95. The number of anilines is 1. The number of nitrogens with zero attached hydrogens (tertiary/aromatic N) is 2. The van der Waals surface area contributed by atoms with Crippen LogP contribution in [0.4, 0.5) is 5.69 Å². The lowest BCUT2D eigenvalue weighted by atomic mass is 10.2. The van der Waals surface area contributed by atoms with E-state index in [0.29, 0.717) is 0 Å². The van der Waals surface area contributed by atoms with Crippen molar-refractivity contribution in [3.63, 3.8) is 0 Å². The number of hydrogen-bond donors (Lipinski definition) is 1. The van der Waals surface area contributed by atoms with Gasteiger partial charge in [-0.15, -0.1) is 0 Å². The van der Waals surface area contributed by atoms with Gasteiger partial charge in [0.05, 0.1) is 17.1 Å². The zero-order valence-electron chi connectivity index (χ0n) is 9.46. The molecular formula is C11H19N3. The summed E-state index contributed by atoms with van der Waals surface area (Å²) in [7, 11) is 0. The third-order valence-corrected chi connectivity index (χ3v) is 2.33. The van der Waals surface area contributed by atoms with Crippen LogP contribution in [0.2, 0.25) is 0 Å². The highest BCUT2D eigenvalue weighted by Gasteiger charge is 2.06. The topological polar surface area (TPSA) is 43.8 Å². The van der Waals surface area contributed by atoms with E-state index in [9.17, 15) is 0 Å². The van der Waals surface area contributed by atoms with E-state index < -0.39 is 0 Å². The van der Waals surface area contributed by atoms with Crippen molar-refractivity contribution < 1.29 is 0 Å². The number of aromatic nitrogens is 2. The lowest BCUT2D eigenvalue weighted by Crippen LogP contribution is -2.02. The zero-order chi connectivity index (χ0) is 10.7. The molecule has 1 heterocycles. The summed E-state index contributed by atoms with van der Waals surface area (Å²) in [5.41, 5.74) is 10.0. The van der Waals surface area contributed by atoms with Gasteiger partial charge >= 0.3 is 0 Å². The Kier molecular flexibility index (Phi) is 3.33. The minimum Gasteiger partial charge on any atom is -0.396 e. The highest BCUT2D eigenvalue weighted by molar-refractivity contribution is 5.46. The van der Waals surface area contributed by atoms with Crippen LogP contribution in [0.3, 0.4) is 0 Å². The van der Waals surface area contributed by atoms with Crippen molar-refractivity contribution in [1.82, 2.24) is 9.78 Å². The lowest BCUT2D eigenvalue weighted by molar-refractivity contribution is 0.601. The molecule has 0 aromatic carbocycles. The molecule has 0 aliphatic heterocycles. The fourth-order valence-corrected chi connectivity index (χ4v) is 1.40. The summed E-state index contributed by atoms with van der Waals surface area (Å²) >= 11 is 0. The van der Waals surface area contributed by atoms with Crippen molar-refractivity contribution in [3.8, 4) is 0 Å². The van der Waals surface area contributed by atoms with E-state index in [1.54, 1.807) is 0 Å². The van der Waals surface area contributed by atoms with Gasteiger partial charge in [-0.2, -0.15) is 5.10 Å². The maximum atomic E-state index is 5.84. The van der Waals surface area contributed by atoms with Gasteiger partial charge < -0.3 is 5.73 Å². The Balaban J connectivity index is 2.68.